The van der Waals surface area contributed by atoms with Gasteiger partial charge in [0.25, 0.3) is 0 Å². The first-order chi connectivity index (χ1) is 14.8. The number of thioether (sulfide) groups is 1. The number of ether oxygens (including phenoxy) is 2. The molecule has 1 amide bonds. The van der Waals surface area contributed by atoms with E-state index in [2.05, 4.69) is 15.5 Å². The zero-order valence-corrected chi connectivity index (χ0v) is 17.5. The molecule has 0 aliphatic rings. The maximum absolute atomic E-state index is 12.8. The minimum Gasteiger partial charge on any atom is -0.497 e. The Labute approximate surface area is 180 Å². The standard InChI is InChI=1S/C20H19F3N4O3S/c1-27-17(11-30-16-8-4-7-15(10-16)29-2)25-26-19(27)31-12-18(28)24-14-6-3-5-13(9-14)20(21,22)23/h3-10H,11-12H2,1-2H3,(H,24,28). The van der Waals surface area contributed by atoms with Gasteiger partial charge in [-0.1, -0.05) is 23.9 Å². The second kappa shape index (κ2) is 9.73. The molecule has 3 rings (SSSR count). The molecule has 0 spiro atoms. The number of benzene rings is 2. The number of methoxy groups -OCH3 is 1. The maximum atomic E-state index is 12.8. The number of alkyl halides is 3. The van der Waals surface area contributed by atoms with Gasteiger partial charge in [-0.3, -0.25) is 4.79 Å². The number of anilines is 1. The summed E-state index contributed by atoms with van der Waals surface area (Å²) in [5, 5.41) is 11.0. The average molecular weight is 452 g/mol. The minimum absolute atomic E-state index is 0.0427. The number of halogens is 3. The quantitative estimate of drug-likeness (QED) is 0.518. The van der Waals surface area contributed by atoms with Gasteiger partial charge in [0.2, 0.25) is 5.91 Å². The van der Waals surface area contributed by atoms with E-state index in [0.29, 0.717) is 22.5 Å². The van der Waals surface area contributed by atoms with Gasteiger partial charge in [-0.05, 0) is 30.3 Å². The van der Waals surface area contributed by atoms with E-state index in [1.165, 1.54) is 12.1 Å². The normalized spacial score (nSPS) is 11.3. The lowest BCUT2D eigenvalue weighted by Gasteiger charge is -2.10. The largest absolute Gasteiger partial charge is 0.497 e. The van der Waals surface area contributed by atoms with Crippen molar-refractivity contribution >= 4 is 23.4 Å². The molecule has 0 aliphatic carbocycles. The van der Waals surface area contributed by atoms with E-state index in [9.17, 15) is 18.0 Å². The third-order valence-electron chi connectivity index (χ3n) is 4.14. The van der Waals surface area contributed by atoms with Gasteiger partial charge in [-0.25, -0.2) is 0 Å². The van der Waals surface area contributed by atoms with Crippen LogP contribution in [0.15, 0.2) is 53.7 Å². The molecule has 31 heavy (non-hydrogen) atoms. The van der Waals surface area contributed by atoms with E-state index < -0.39 is 17.6 Å². The van der Waals surface area contributed by atoms with Gasteiger partial charge in [0.15, 0.2) is 11.0 Å². The van der Waals surface area contributed by atoms with Crippen LogP contribution in [0.4, 0.5) is 18.9 Å². The van der Waals surface area contributed by atoms with E-state index >= 15 is 0 Å². The van der Waals surface area contributed by atoms with Crippen molar-refractivity contribution in [1.82, 2.24) is 14.8 Å². The Kier molecular flexibility index (Phi) is 7.06. The Hall–Kier alpha value is -3.21. The first kappa shape index (κ1) is 22.5. The first-order valence-corrected chi connectivity index (χ1v) is 10.00. The Balaban J connectivity index is 1.54. The van der Waals surface area contributed by atoms with Crippen molar-refractivity contribution in [3.8, 4) is 11.5 Å². The van der Waals surface area contributed by atoms with Crippen molar-refractivity contribution < 1.29 is 27.4 Å². The van der Waals surface area contributed by atoms with Crippen molar-refractivity contribution in [1.29, 1.82) is 0 Å². The molecule has 7 nitrogen and oxygen atoms in total. The predicted octanol–water partition coefficient (Wildman–Crippen LogP) is 4.15. The number of nitrogens with one attached hydrogen (secondary N) is 1. The molecular formula is C20H19F3N4O3S. The fraction of sp³-hybridized carbons (Fsp3) is 0.250. The molecule has 0 fully saturated rings. The topological polar surface area (TPSA) is 78.3 Å². The highest BCUT2D eigenvalue weighted by Crippen LogP contribution is 2.30. The predicted molar refractivity (Wildman–Crippen MR) is 109 cm³/mol. The molecule has 0 atom stereocenters. The summed E-state index contributed by atoms with van der Waals surface area (Å²) in [5.74, 6) is 1.32. The molecule has 0 saturated heterocycles. The van der Waals surface area contributed by atoms with Crippen LogP contribution in [0.1, 0.15) is 11.4 Å². The van der Waals surface area contributed by atoms with Crippen LogP contribution in [-0.4, -0.2) is 33.5 Å². The van der Waals surface area contributed by atoms with E-state index in [4.69, 9.17) is 9.47 Å². The van der Waals surface area contributed by atoms with Crippen LogP contribution in [-0.2, 0) is 24.6 Å². The summed E-state index contributed by atoms with van der Waals surface area (Å²) in [5.41, 5.74) is -0.752. The molecule has 1 N–H and O–H groups in total. The van der Waals surface area contributed by atoms with Gasteiger partial charge < -0.3 is 19.4 Å². The van der Waals surface area contributed by atoms with Crippen LogP contribution in [0, 0.1) is 0 Å². The Morgan fingerprint density at radius 2 is 1.87 bits per heavy atom. The van der Waals surface area contributed by atoms with Crippen molar-refractivity contribution in [3.05, 3.63) is 59.9 Å². The zero-order chi connectivity index (χ0) is 22.4. The maximum Gasteiger partial charge on any atom is 0.416 e. The Morgan fingerprint density at radius 1 is 1.13 bits per heavy atom. The summed E-state index contributed by atoms with van der Waals surface area (Å²) >= 11 is 1.11. The summed E-state index contributed by atoms with van der Waals surface area (Å²) in [7, 11) is 3.30. The number of carbonyl (C=O) groups excluding carboxylic acids is 1. The van der Waals surface area contributed by atoms with Crippen molar-refractivity contribution in [3.63, 3.8) is 0 Å². The molecule has 0 saturated carbocycles. The molecule has 2 aromatic carbocycles. The summed E-state index contributed by atoms with van der Waals surface area (Å²) in [4.78, 5) is 12.1. The second-order valence-electron chi connectivity index (χ2n) is 6.34. The summed E-state index contributed by atoms with van der Waals surface area (Å²) < 4.78 is 50.9. The third kappa shape index (κ3) is 6.14. The zero-order valence-electron chi connectivity index (χ0n) is 16.6. The highest BCUT2D eigenvalue weighted by molar-refractivity contribution is 7.99. The lowest BCUT2D eigenvalue weighted by molar-refractivity contribution is -0.137. The average Bonchev–Trinajstić information content (AvgIpc) is 3.10. The van der Waals surface area contributed by atoms with Gasteiger partial charge >= 0.3 is 6.18 Å². The van der Waals surface area contributed by atoms with Crippen LogP contribution < -0.4 is 14.8 Å². The Bertz CT molecular complexity index is 1060. The summed E-state index contributed by atoms with van der Waals surface area (Å²) in [6.45, 7) is 0.160. The monoisotopic (exact) mass is 452 g/mol. The lowest BCUT2D eigenvalue weighted by atomic mass is 10.2. The highest BCUT2D eigenvalue weighted by Gasteiger charge is 2.30. The number of hydrogen-bond donors (Lipinski definition) is 1. The van der Waals surface area contributed by atoms with E-state index in [1.807, 2.05) is 0 Å². The molecule has 3 aromatic rings. The van der Waals surface area contributed by atoms with Gasteiger partial charge in [0.1, 0.15) is 18.1 Å². The summed E-state index contributed by atoms with van der Waals surface area (Å²) in [6.07, 6.45) is -4.47. The summed E-state index contributed by atoms with van der Waals surface area (Å²) in [6, 6.07) is 11.6. The van der Waals surface area contributed by atoms with Crippen LogP contribution in [0.5, 0.6) is 11.5 Å². The van der Waals surface area contributed by atoms with E-state index in [0.717, 1.165) is 23.9 Å². The number of rotatable bonds is 8. The minimum atomic E-state index is -4.47. The molecule has 0 unspecified atom stereocenters. The van der Waals surface area contributed by atoms with Crippen molar-refractivity contribution in [2.45, 2.75) is 17.9 Å². The molecule has 164 valence electrons. The molecule has 0 radical (unpaired) electrons. The van der Waals surface area contributed by atoms with Crippen LogP contribution in [0.25, 0.3) is 0 Å². The number of carbonyl (C=O) groups is 1. The Morgan fingerprint density at radius 3 is 2.61 bits per heavy atom. The first-order valence-electron chi connectivity index (χ1n) is 9.01. The SMILES string of the molecule is COc1cccc(OCc2nnc(SCC(=O)Nc3cccc(C(F)(F)F)c3)n2C)c1. The highest BCUT2D eigenvalue weighted by atomic mass is 32.2. The van der Waals surface area contributed by atoms with Crippen LogP contribution >= 0.6 is 11.8 Å². The van der Waals surface area contributed by atoms with Crippen molar-refractivity contribution in [2.75, 3.05) is 18.2 Å². The van der Waals surface area contributed by atoms with Gasteiger partial charge in [-0.2, -0.15) is 13.2 Å². The molecule has 1 aromatic heterocycles. The van der Waals surface area contributed by atoms with E-state index in [1.54, 1.807) is 43.0 Å². The molecule has 11 heteroatoms. The molecule has 1 heterocycles. The lowest BCUT2D eigenvalue weighted by Crippen LogP contribution is -2.15. The molecule has 0 aliphatic heterocycles. The van der Waals surface area contributed by atoms with Crippen molar-refractivity contribution in [2.24, 2.45) is 7.05 Å². The van der Waals surface area contributed by atoms with Gasteiger partial charge in [0.05, 0.1) is 18.4 Å². The number of hydrogen-bond acceptors (Lipinski definition) is 6. The van der Waals surface area contributed by atoms with Gasteiger partial charge in [0, 0.05) is 18.8 Å². The fourth-order valence-corrected chi connectivity index (χ4v) is 3.27. The van der Waals surface area contributed by atoms with Crippen LogP contribution in [0.3, 0.4) is 0 Å². The van der Waals surface area contributed by atoms with Gasteiger partial charge in [-0.15, -0.1) is 10.2 Å². The molecular weight excluding hydrogens is 433 g/mol. The third-order valence-corrected chi connectivity index (χ3v) is 5.16. The second-order valence-corrected chi connectivity index (χ2v) is 7.28. The molecule has 0 bridgehead atoms. The number of aromatic nitrogens is 3. The van der Waals surface area contributed by atoms with Crippen LogP contribution in [0.2, 0.25) is 0 Å². The number of amides is 1. The number of nitrogens with zero attached hydrogens (tertiary/aromatic N) is 3. The fourth-order valence-electron chi connectivity index (χ4n) is 2.54. The van der Waals surface area contributed by atoms with E-state index in [-0.39, 0.29) is 18.0 Å². The smallest absolute Gasteiger partial charge is 0.416 e.